The van der Waals surface area contributed by atoms with Crippen LogP contribution in [-0.4, -0.2) is 37.8 Å². The predicted octanol–water partition coefficient (Wildman–Crippen LogP) is 2.78. The number of halogens is 1. The lowest BCUT2D eigenvalue weighted by Gasteiger charge is -2.37. The monoisotopic (exact) mass is 382 g/mol. The van der Waals surface area contributed by atoms with E-state index in [9.17, 15) is 4.79 Å². The Balaban J connectivity index is 1.89. The number of esters is 1. The number of hydrogen-bond acceptors (Lipinski definition) is 5. The number of carbonyl (C=O) groups excluding carboxylic acids is 1. The van der Waals surface area contributed by atoms with Gasteiger partial charge in [0.15, 0.2) is 0 Å². The van der Waals surface area contributed by atoms with Gasteiger partial charge in [0.1, 0.15) is 6.61 Å². The van der Waals surface area contributed by atoms with Gasteiger partial charge in [-0.15, -0.1) is 0 Å². The molecule has 1 N–H and O–H groups in total. The highest BCUT2D eigenvalue weighted by molar-refractivity contribution is 9.10. The molecular weight excluding hydrogens is 360 g/mol. The summed E-state index contributed by atoms with van der Waals surface area (Å²) < 4.78 is 11.9. The fourth-order valence-electron chi connectivity index (χ4n) is 4.07. The number of ether oxygens (including phenoxy) is 2. The van der Waals surface area contributed by atoms with Gasteiger partial charge in [-0.1, -0.05) is 0 Å². The maximum Gasteiger partial charge on any atom is 0.331 e. The second-order valence-corrected chi connectivity index (χ2v) is 7.50. The van der Waals surface area contributed by atoms with Crippen LogP contribution in [0.3, 0.4) is 0 Å². The van der Waals surface area contributed by atoms with Crippen LogP contribution in [0, 0.1) is 5.41 Å². The molecule has 1 aromatic rings. The van der Waals surface area contributed by atoms with Crippen molar-refractivity contribution in [2.45, 2.75) is 37.7 Å². The summed E-state index contributed by atoms with van der Waals surface area (Å²) in [6.07, 6.45) is 8.92. The van der Waals surface area contributed by atoms with E-state index in [1.54, 1.807) is 12.4 Å². The average molecular weight is 383 g/mol. The summed E-state index contributed by atoms with van der Waals surface area (Å²) in [5.74, 6) is -0.333. The average Bonchev–Trinajstić information content (AvgIpc) is 2.93. The smallest absolute Gasteiger partial charge is 0.331 e. The minimum absolute atomic E-state index is 0.0143. The van der Waals surface area contributed by atoms with Crippen LogP contribution in [0.15, 0.2) is 22.9 Å². The van der Waals surface area contributed by atoms with Gasteiger partial charge in [-0.2, -0.15) is 0 Å². The molecule has 126 valence electrons. The molecule has 1 aromatic heterocycles. The number of carbonyl (C=O) groups is 1. The summed E-state index contributed by atoms with van der Waals surface area (Å²) in [5, 5.41) is 3.44. The van der Waals surface area contributed by atoms with Crippen molar-refractivity contribution >= 4 is 21.9 Å². The third kappa shape index (κ3) is 3.44. The van der Waals surface area contributed by atoms with Crippen LogP contribution >= 0.6 is 15.9 Å². The van der Waals surface area contributed by atoms with Gasteiger partial charge in [0.2, 0.25) is 0 Å². The fraction of sp³-hybridized carbons (Fsp3) is 0.647. The molecule has 2 fully saturated rings. The maximum absolute atomic E-state index is 11.6. The number of nitrogens with zero attached hydrogens (tertiary/aromatic N) is 1. The van der Waals surface area contributed by atoms with Gasteiger partial charge in [-0.05, 0) is 72.6 Å². The van der Waals surface area contributed by atoms with Crippen molar-refractivity contribution in [3.63, 3.8) is 0 Å². The van der Waals surface area contributed by atoms with E-state index in [1.165, 1.54) is 20.0 Å². The Morgan fingerprint density at radius 1 is 1.35 bits per heavy atom. The molecule has 0 aromatic carbocycles. The zero-order chi connectivity index (χ0) is 16.3. The zero-order valence-electron chi connectivity index (χ0n) is 13.4. The van der Waals surface area contributed by atoms with Crippen molar-refractivity contribution in [2.24, 2.45) is 5.41 Å². The Kier molecular flexibility index (Phi) is 5.04. The van der Waals surface area contributed by atoms with Gasteiger partial charge in [0, 0.05) is 22.4 Å². The molecule has 0 bridgehead atoms. The molecule has 1 unspecified atom stereocenters. The van der Waals surface area contributed by atoms with Crippen LogP contribution in [0.4, 0.5) is 0 Å². The molecule has 23 heavy (non-hydrogen) atoms. The summed E-state index contributed by atoms with van der Waals surface area (Å²) in [5.41, 5.74) is 0.962. The van der Waals surface area contributed by atoms with Gasteiger partial charge < -0.3 is 14.8 Å². The molecular formula is C17H23BrN2O3. The third-order valence-corrected chi connectivity index (χ3v) is 5.97. The van der Waals surface area contributed by atoms with Crippen molar-refractivity contribution in [1.29, 1.82) is 0 Å². The lowest BCUT2D eigenvalue weighted by atomic mass is 9.75. The first-order valence-electron chi connectivity index (χ1n) is 8.11. The highest BCUT2D eigenvalue weighted by atomic mass is 79.9. The molecule has 2 aliphatic rings. The molecule has 5 nitrogen and oxygen atoms in total. The number of aromatic nitrogens is 1. The van der Waals surface area contributed by atoms with Crippen LogP contribution in [0.5, 0.6) is 0 Å². The molecule has 6 heteroatoms. The van der Waals surface area contributed by atoms with E-state index < -0.39 is 5.60 Å². The predicted molar refractivity (Wildman–Crippen MR) is 90.0 cm³/mol. The first kappa shape index (κ1) is 16.9. The van der Waals surface area contributed by atoms with E-state index in [2.05, 4.69) is 26.2 Å². The van der Waals surface area contributed by atoms with Gasteiger partial charge in [-0.3, -0.25) is 4.98 Å². The molecule has 0 radical (unpaired) electrons. The van der Waals surface area contributed by atoms with Crippen molar-refractivity contribution in [3.05, 3.63) is 28.5 Å². The lowest BCUT2D eigenvalue weighted by Crippen LogP contribution is -2.38. The normalized spacial score (nSPS) is 26.3. The van der Waals surface area contributed by atoms with Gasteiger partial charge >= 0.3 is 5.97 Å². The first-order chi connectivity index (χ1) is 11.1. The molecule has 1 saturated heterocycles. The second kappa shape index (κ2) is 6.87. The summed E-state index contributed by atoms with van der Waals surface area (Å²) in [6.45, 7) is 2.11. The van der Waals surface area contributed by atoms with Crippen molar-refractivity contribution in [3.8, 4) is 0 Å². The quantitative estimate of drug-likeness (QED) is 0.811. The van der Waals surface area contributed by atoms with E-state index >= 15 is 0 Å². The number of pyridine rings is 1. The molecule has 1 saturated carbocycles. The highest BCUT2D eigenvalue weighted by Crippen LogP contribution is 2.56. The molecule has 1 atom stereocenters. The molecule has 0 amide bonds. The Bertz CT molecular complexity index is 575. The van der Waals surface area contributed by atoms with E-state index in [0.29, 0.717) is 5.41 Å². The topological polar surface area (TPSA) is 60.5 Å². The Morgan fingerprint density at radius 2 is 2.13 bits per heavy atom. The summed E-state index contributed by atoms with van der Waals surface area (Å²) in [4.78, 5) is 15.8. The minimum Gasteiger partial charge on any atom is -0.467 e. The highest BCUT2D eigenvalue weighted by Gasteiger charge is 2.51. The first-order valence-corrected chi connectivity index (χ1v) is 8.90. The minimum atomic E-state index is -0.437. The van der Waals surface area contributed by atoms with E-state index in [4.69, 9.17) is 9.47 Å². The number of methoxy groups -OCH3 is 1. The van der Waals surface area contributed by atoms with Crippen LogP contribution in [-0.2, 0) is 19.9 Å². The molecule has 2 heterocycles. The zero-order valence-corrected chi connectivity index (χ0v) is 15.0. The Morgan fingerprint density at radius 3 is 2.83 bits per heavy atom. The van der Waals surface area contributed by atoms with Gasteiger partial charge in [0.05, 0.1) is 12.7 Å². The molecule has 1 spiro atoms. The fourth-order valence-corrected chi connectivity index (χ4v) is 4.68. The number of rotatable bonds is 4. The molecule has 3 rings (SSSR count). The third-order valence-electron chi connectivity index (χ3n) is 5.34. The van der Waals surface area contributed by atoms with Crippen molar-refractivity contribution in [2.75, 3.05) is 26.8 Å². The van der Waals surface area contributed by atoms with Crippen LogP contribution < -0.4 is 5.32 Å². The number of nitrogens with one attached hydrogen (secondary N) is 1. The molecule has 1 aliphatic heterocycles. The van der Waals surface area contributed by atoms with E-state index in [1.807, 2.05) is 6.07 Å². The SMILES string of the molecule is COC(=O)COC1(c2ccncc2Br)CCC2(CCNCC2)C1. The van der Waals surface area contributed by atoms with Crippen molar-refractivity contribution < 1.29 is 14.3 Å². The summed E-state index contributed by atoms with van der Waals surface area (Å²) >= 11 is 3.61. The van der Waals surface area contributed by atoms with Gasteiger partial charge in [-0.25, -0.2) is 4.79 Å². The van der Waals surface area contributed by atoms with Crippen LogP contribution in [0.25, 0.3) is 0 Å². The lowest BCUT2D eigenvalue weighted by molar-refractivity contribution is -0.154. The molecule has 1 aliphatic carbocycles. The van der Waals surface area contributed by atoms with E-state index in [0.717, 1.165) is 42.4 Å². The largest absolute Gasteiger partial charge is 0.467 e. The van der Waals surface area contributed by atoms with Crippen LogP contribution in [0.2, 0.25) is 0 Å². The number of hydrogen-bond donors (Lipinski definition) is 1. The number of piperidine rings is 1. The Labute approximate surface area is 145 Å². The Hall–Kier alpha value is -0.980. The standard InChI is InChI=1S/C17H23BrN2O3/c1-22-15(21)11-23-17(13-2-7-20-10-14(13)18)4-3-16(12-17)5-8-19-9-6-16/h2,7,10,19H,3-6,8-9,11-12H2,1H3. The van der Waals surface area contributed by atoms with Crippen molar-refractivity contribution in [1.82, 2.24) is 10.3 Å². The maximum atomic E-state index is 11.6. The van der Waals surface area contributed by atoms with E-state index in [-0.39, 0.29) is 12.6 Å². The van der Waals surface area contributed by atoms with Crippen LogP contribution in [0.1, 0.15) is 37.7 Å². The van der Waals surface area contributed by atoms with Gasteiger partial charge in [0.25, 0.3) is 0 Å². The summed E-state index contributed by atoms with van der Waals surface area (Å²) in [6, 6.07) is 2.00. The summed E-state index contributed by atoms with van der Waals surface area (Å²) in [7, 11) is 1.39. The second-order valence-electron chi connectivity index (χ2n) is 6.64.